The Labute approximate surface area is 183 Å². The summed E-state index contributed by atoms with van der Waals surface area (Å²) in [5, 5.41) is 1.21. The van der Waals surface area contributed by atoms with Crippen LogP contribution in [0.3, 0.4) is 0 Å². The van der Waals surface area contributed by atoms with Gasteiger partial charge in [0.1, 0.15) is 18.1 Å². The van der Waals surface area contributed by atoms with Gasteiger partial charge in [0.15, 0.2) is 0 Å². The second-order valence-electron chi connectivity index (χ2n) is 7.76. The van der Waals surface area contributed by atoms with Crippen molar-refractivity contribution in [2.45, 2.75) is 25.7 Å². The third-order valence-corrected chi connectivity index (χ3v) is 5.95. The van der Waals surface area contributed by atoms with Crippen LogP contribution in [0.1, 0.15) is 41.6 Å². The largest absolute Gasteiger partial charge is 0.497 e. The van der Waals surface area contributed by atoms with Crippen molar-refractivity contribution in [2.75, 3.05) is 40.0 Å². The van der Waals surface area contributed by atoms with Gasteiger partial charge in [-0.15, -0.1) is 0 Å². The van der Waals surface area contributed by atoms with Crippen LogP contribution in [-0.2, 0) is 4.74 Å². The summed E-state index contributed by atoms with van der Waals surface area (Å²) < 4.78 is 16.5. The van der Waals surface area contributed by atoms with Crippen molar-refractivity contribution in [3.63, 3.8) is 0 Å². The fourth-order valence-electron chi connectivity index (χ4n) is 4.27. The molecule has 4 rings (SSSR count). The average Bonchev–Trinajstić information content (AvgIpc) is 3.25. The highest BCUT2D eigenvalue weighted by Gasteiger charge is 2.27. The van der Waals surface area contributed by atoms with E-state index in [1.807, 2.05) is 42.2 Å². The number of carbonyl (C=O) groups is 1. The highest BCUT2D eigenvalue weighted by Crippen LogP contribution is 2.35. The summed E-state index contributed by atoms with van der Waals surface area (Å²) in [5.41, 5.74) is 3.04. The molecule has 0 spiro atoms. The highest BCUT2D eigenvalue weighted by molar-refractivity contribution is 5.97. The van der Waals surface area contributed by atoms with E-state index in [1.165, 1.54) is 10.9 Å². The van der Waals surface area contributed by atoms with Gasteiger partial charge >= 0.3 is 0 Å². The van der Waals surface area contributed by atoms with Gasteiger partial charge in [-0.2, -0.15) is 0 Å². The van der Waals surface area contributed by atoms with Crippen molar-refractivity contribution < 1.29 is 19.0 Å². The zero-order chi connectivity index (χ0) is 21.6. The molecule has 0 bridgehead atoms. The normalized spacial score (nSPS) is 14.7. The number of amides is 1. The van der Waals surface area contributed by atoms with Gasteiger partial charge in [0.2, 0.25) is 0 Å². The van der Waals surface area contributed by atoms with Crippen molar-refractivity contribution in [3.05, 3.63) is 59.8 Å². The van der Waals surface area contributed by atoms with Crippen molar-refractivity contribution in [3.8, 4) is 11.5 Å². The zero-order valence-electron chi connectivity index (χ0n) is 18.2. The van der Waals surface area contributed by atoms with Crippen molar-refractivity contribution in [2.24, 2.45) is 0 Å². The quantitative estimate of drug-likeness (QED) is 0.539. The number of methoxy groups -OCH3 is 1. The lowest BCUT2D eigenvalue weighted by Crippen LogP contribution is -2.38. The standard InChI is InChI=1S/C25H30N2O4/c1-3-30-14-15-31-24-7-5-4-6-20(24)25(28)27-12-10-18(11-13-27)22-17-26-23-9-8-19(29-2)16-21(22)23/h4-9,16-18,26H,3,10-15H2,1-2H3. The molecular formula is C25H30N2O4. The molecule has 1 aliphatic rings. The van der Waals surface area contributed by atoms with Crippen LogP contribution in [0.5, 0.6) is 11.5 Å². The second kappa shape index (κ2) is 9.88. The highest BCUT2D eigenvalue weighted by atomic mass is 16.5. The number of nitrogens with one attached hydrogen (secondary N) is 1. The Morgan fingerprint density at radius 1 is 1.13 bits per heavy atom. The number of piperidine rings is 1. The smallest absolute Gasteiger partial charge is 0.257 e. The summed E-state index contributed by atoms with van der Waals surface area (Å²) in [7, 11) is 1.69. The van der Waals surface area contributed by atoms with E-state index in [1.54, 1.807) is 7.11 Å². The number of benzene rings is 2. The minimum absolute atomic E-state index is 0.0334. The van der Waals surface area contributed by atoms with Gasteiger partial charge in [-0.25, -0.2) is 0 Å². The third kappa shape index (κ3) is 4.69. The number of para-hydroxylation sites is 1. The number of hydrogen-bond acceptors (Lipinski definition) is 4. The number of fused-ring (bicyclic) bond motifs is 1. The molecule has 3 aromatic rings. The predicted octanol–water partition coefficient (Wildman–Crippen LogP) is 4.61. The van der Waals surface area contributed by atoms with E-state index in [0.29, 0.717) is 37.1 Å². The number of aromatic amines is 1. The number of ether oxygens (including phenoxy) is 3. The first-order chi connectivity index (χ1) is 15.2. The number of likely N-dealkylation sites (tertiary alicyclic amines) is 1. The van der Waals surface area contributed by atoms with Crippen LogP contribution in [0, 0.1) is 0 Å². The predicted molar refractivity (Wildman–Crippen MR) is 121 cm³/mol. The number of hydrogen-bond donors (Lipinski definition) is 1. The Balaban J connectivity index is 1.42. The summed E-state index contributed by atoms with van der Waals surface area (Å²) in [6, 6.07) is 13.6. The van der Waals surface area contributed by atoms with Crippen molar-refractivity contribution in [1.82, 2.24) is 9.88 Å². The Bertz CT molecular complexity index is 1020. The summed E-state index contributed by atoms with van der Waals surface area (Å²) in [5.74, 6) is 1.94. The first kappa shape index (κ1) is 21.2. The molecule has 1 fully saturated rings. The van der Waals surface area contributed by atoms with Crippen LogP contribution in [0.15, 0.2) is 48.7 Å². The Morgan fingerprint density at radius 2 is 1.94 bits per heavy atom. The van der Waals surface area contributed by atoms with Gasteiger partial charge in [-0.1, -0.05) is 12.1 Å². The minimum atomic E-state index is 0.0334. The van der Waals surface area contributed by atoms with E-state index in [-0.39, 0.29) is 5.91 Å². The van der Waals surface area contributed by atoms with E-state index >= 15 is 0 Å². The third-order valence-electron chi connectivity index (χ3n) is 5.95. The van der Waals surface area contributed by atoms with Crippen molar-refractivity contribution >= 4 is 16.8 Å². The summed E-state index contributed by atoms with van der Waals surface area (Å²) in [4.78, 5) is 18.5. The van der Waals surface area contributed by atoms with Gasteiger partial charge in [0.05, 0.1) is 19.3 Å². The first-order valence-electron chi connectivity index (χ1n) is 10.9. The molecule has 31 heavy (non-hydrogen) atoms. The molecule has 0 radical (unpaired) electrons. The molecule has 0 unspecified atom stereocenters. The fourth-order valence-corrected chi connectivity index (χ4v) is 4.27. The van der Waals surface area contributed by atoms with E-state index in [0.717, 1.165) is 37.2 Å². The molecule has 1 saturated heterocycles. The average molecular weight is 423 g/mol. The number of aromatic nitrogens is 1. The minimum Gasteiger partial charge on any atom is -0.497 e. The van der Waals surface area contributed by atoms with Crippen molar-refractivity contribution in [1.29, 1.82) is 0 Å². The zero-order valence-corrected chi connectivity index (χ0v) is 18.2. The number of rotatable bonds is 8. The number of carbonyl (C=O) groups excluding carboxylic acids is 1. The van der Waals surface area contributed by atoms with E-state index in [9.17, 15) is 4.79 Å². The van der Waals surface area contributed by atoms with E-state index < -0.39 is 0 Å². The molecule has 1 aliphatic heterocycles. The molecule has 0 aliphatic carbocycles. The molecule has 6 nitrogen and oxygen atoms in total. The maximum absolute atomic E-state index is 13.2. The second-order valence-corrected chi connectivity index (χ2v) is 7.76. The lowest BCUT2D eigenvalue weighted by atomic mass is 9.89. The van der Waals surface area contributed by atoms with Gasteiger partial charge in [0.25, 0.3) is 5.91 Å². The van der Waals surface area contributed by atoms with Crippen LogP contribution in [0.2, 0.25) is 0 Å². The topological polar surface area (TPSA) is 63.8 Å². The maximum Gasteiger partial charge on any atom is 0.257 e. The van der Waals surface area contributed by atoms with E-state index in [2.05, 4.69) is 23.3 Å². The molecule has 0 atom stereocenters. The number of nitrogens with zero attached hydrogens (tertiary/aromatic N) is 1. The van der Waals surface area contributed by atoms with Crippen LogP contribution >= 0.6 is 0 Å². The van der Waals surface area contributed by atoms with E-state index in [4.69, 9.17) is 14.2 Å². The lowest BCUT2D eigenvalue weighted by Gasteiger charge is -2.32. The van der Waals surface area contributed by atoms with Gasteiger partial charge in [-0.05, 0) is 61.6 Å². The SMILES string of the molecule is CCOCCOc1ccccc1C(=O)N1CCC(c2c[nH]c3ccc(OC)cc23)CC1. The molecule has 164 valence electrons. The van der Waals surface area contributed by atoms with Crippen LogP contribution in [0.25, 0.3) is 10.9 Å². The first-order valence-corrected chi connectivity index (χ1v) is 10.9. The summed E-state index contributed by atoms with van der Waals surface area (Å²) >= 11 is 0. The fraction of sp³-hybridized carbons (Fsp3) is 0.400. The summed E-state index contributed by atoms with van der Waals surface area (Å²) in [6.07, 6.45) is 3.97. The number of H-pyrrole nitrogens is 1. The Kier molecular flexibility index (Phi) is 6.77. The van der Waals surface area contributed by atoms with Crippen LogP contribution < -0.4 is 9.47 Å². The lowest BCUT2D eigenvalue weighted by molar-refractivity contribution is 0.0703. The van der Waals surface area contributed by atoms with Crippen LogP contribution in [0.4, 0.5) is 0 Å². The molecular weight excluding hydrogens is 392 g/mol. The molecule has 6 heteroatoms. The van der Waals surface area contributed by atoms with Crippen LogP contribution in [-0.4, -0.2) is 55.8 Å². The Hall–Kier alpha value is -2.99. The maximum atomic E-state index is 13.2. The van der Waals surface area contributed by atoms with Gasteiger partial charge < -0.3 is 24.1 Å². The molecule has 2 aromatic carbocycles. The molecule has 1 amide bonds. The monoisotopic (exact) mass is 422 g/mol. The molecule has 2 heterocycles. The van der Waals surface area contributed by atoms with Gasteiger partial charge in [0, 0.05) is 36.8 Å². The summed E-state index contributed by atoms with van der Waals surface area (Å²) in [6.45, 7) is 5.01. The molecule has 1 aromatic heterocycles. The van der Waals surface area contributed by atoms with Gasteiger partial charge in [-0.3, -0.25) is 4.79 Å². The molecule has 1 N–H and O–H groups in total. The molecule has 0 saturated carbocycles. The Morgan fingerprint density at radius 3 is 2.71 bits per heavy atom.